The average Bonchev–Trinajstić information content (AvgIpc) is 2.08. The molecule has 0 saturated carbocycles. The minimum absolute atomic E-state index is 0. The van der Waals surface area contributed by atoms with Crippen LogP contribution in [0.2, 0.25) is 0 Å². The van der Waals surface area contributed by atoms with Crippen LogP contribution in [-0.2, 0) is 0 Å². The van der Waals surface area contributed by atoms with Crippen LogP contribution in [0.5, 0.6) is 0 Å². The van der Waals surface area contributed by atoms with Crippen molar-refractivity contribution in [3.63, 3.8) is 0 Å². The van der Waals surface area contributed by atoms with Crippen molar-refractivity contribution < 1.29 is 118 Å². The predicted octanol–water partition coefficient (Wildman–Crippen LogP) is -1.43. The normalized spacial score (nSPS) is 5.54. The maximum atomic E-state index is 8.25. The van der Waals surface area contributed by atoms with Crippen molar-refractivity contribution in [3.05, 3.63) is 91.9 Å². The van der Waals surface area contributed by atoms with Gasteiger partial charge >= 0.3 is 87.6 Å². The second-order valence-electron chi connectivity index (χ2n) is 1.34. The molecule has 0 amide bonds. The van der Waals surface area contributed by atoms with Gasteiger partial charge < -0.3 is 91.9 Å². The summed E-state index contributed by atoms with van der Waals surface area (Å²) in [6, 6.07) is 0. The van der Waals surface area contributed by atoms with Crippen LogP contribution in [0.3, 0.4) is 0 Å². The second-order valence-corrected chi connectivity index (χ2v) is 1.34. The monoisotopic (exact) mass is 689 g/mol. The second kappa shape index (κ2) is 43.5. The molecule has 155 valence electrons. The molecule has 0 aromatic carbocycles. The summed E-state index contributed by atoms with van der Waals surface area (Å²) in [4.78, 5) is 49.5. The van der Waals surface area contributed by atoms with E-state index in [1.807, 2.05) is 0 Å². The van der Waals surface area contributed by atoms with Crippen LogP contribution in [-0.4, -0.2) is 30.5 Å². The van der Waals surface area contributed by atoms with E-state index in [4.69, 9.17) is 91.9 Å². The minimum Gasteiger partial charge on any atom is -0.356 e. The smallest absolute Gasteiger partial charge is 0.356 e. The van der Waals surface area contributed by atoms with E-state index in [0.29, 0.717) is 0 Å². The first-order valence-electron chi connectivity index (χ1n) is 3.29. The van der Waals surface area contributed by atoms with Gasteiger partial charge in [-0.15, -0.1) is 0 Å². The Labute approximate surface area is 207 Å². The fourth-order valence-electron chi connectivity index (χ4n) is 0. The fraction of sp³-hybridized carbons (Fsp3) is 0. The fourth-order valence-corrected chi connectivity index (χ4v) is 0. The van der Waals surface area contributed by atoms with Gasteiger partial charge in [0.15, 0.2) is 0 Å². The Kier molecular flexibility index (Phi) is 83.0. The zero-order valence-corrected chi connectivity index (χ0v) is 15.2. The molecular weight excluding hydrogens is 686 g/mol. The van der Waals surface area contributed by atoms with Crippen LogP contribution >= 0.6 is 0 Å². The van der Waals surface area contributed by atoms with Gasteiger partial charge in [0.1, 0.15) is 0 Å². The van der Waals surface area contributed by atoms with Gasteiger partial charge in [0.2, 0.25) is 0 Å². The van der Waals surface area contributed by atoms with Crippen molar-refractivity contribution >= 4 is 0 Å². The molecule has 0 aromatic heterocycles. The summed E-state index contributed by atoms with van der Waals surface area (Å²) in [5.74, 6) is 0. The molecule has 1 radical (unpaired) electrons. The van der Waals surface area contributed by atoms with E-state index in [1.165, 1.54) is 0 Å². The van der Waals surface area contributed by atoms with E-state index in [0.717, 1.165) is 0 Å². The Hall–Kier alpha value is -1.94. The zero-order valence-electron chi connectivity index (χ0n) is 10.7. The van der Waals surface area contributed by atoms with Crippen LogP contribution in [0.4, 0.5) is 0 Å². The molecule has 0 unspecified atom stereocenters. The number of hydrogen-bond donors (Lipinski definition) is 0. The Morgan fingerprint density at radius 3 is 0.308 bits per heavy atom. The summed E-state index contributed by atoms with van der Waals surface area (Å²) >= 11 is 0. The zero-order chi connectivity index (χ0) is 21.5. The summed E-state index contributed by atoms with van der Waals surface area (Å²) in [7, 11) is 0. The van der Waals surface area contributed by atoms with Gasteiger partial charge in [-0.25, -0.2) is 0 Å². The summed E-state index contributed by atoms with van der Waals surface area (Å²) in [6.07, 6.45) is 0. The average molecular weight is 686 g/mol. The van der Waals surface area contributed by atoms with Crippen LogP contribution in [0.1, 0.15) is 0 Å². The summed E-state index contributed by atoms with van der Waals surface area (Å²) in [5.41, 5.74) is 0. The van der Waals surface area contributed by atoms with E-state index in [1.54, 1.807) is 0 Å². The van der Waals surface area contributed by atoms with Gasteiger partial charge in [0, 0.05) is 0 Å². The molecule has 0 fully saturated rings. The SMILES string of the molecule is O=[N+]([O-])[O-].O=[N+]([O-])[O-].O=[N+]([O-])[O-].O=[N+]([O-])[O-].O=[N+]([O-])[O-].O=[N+]([O-])[O-].[Dy+3].[Eu+3]. The van der Waals surface area contributed by atoms with Crippen LogP contribution < -0.4 is 0 Å². The molecular formula is DyEuN6O18. The van der Waals surface area contributed by atoms with Gasteiger partial charge in [-0.3, -0.25) is 0 Å². The summed E-state index contributed by atoms with van der Waals surface area (Å²) in [5, 5.41) is 88.5. The molecule has 0 aliphatic heterocycles. The first-order chi connectivity index (χ1) is 10.4. The third-order valence-corrected chi connectivity index (χ3v) is 0. The van der Waals surface area contributed by atoms with Gasteiger partial charge in [-0.05, 0) is 0 Å². The largest absolute Gasteiger partial charge is 3.00 e. The molecule has 0 spiro atoms. The number of rotatable bonds is 0. The molecule has 0 bridgehead atoms. The first-order valence-corrected chi connectivity index (χ1v) is 3.29. The minimum atomic E-state index is -1.75. The first kappa shape index (κ1) is 49.6. The van der Waals surface area contributed by atoms with Crippen LogP contribution in [0.15, 0.2) is 0 Å². The van der Waals surface area contributed by atoms with Crippen molar-refractivity contribution in [2.45, 2.75) is 0 Å². The Balaban J connectivity index is -0.0000000245. The Bertz CT molecular complexity index is 263. The van der Waals surface area contributed by atoms with E-state index in [9.17, 15) is 0 Å². The Morgan fingerprint density at radius 1 is 0.308 bits per heavy atom. The van der Waals surface area contributed by atoms with Crippen LogP contribution in [0, 0.1) is 179 Å². The molecule has 0 atom stereocenters. The van der Waals surface area contributed by atoms with E-state index < -0.39 is 30.5 Å². The van der Waals surface area contributed by atoms with Crippen molar-refractivity contribution in [1.29, 1.82) is 0 Å². The molecule has 26 heteroatoms. The van der Waals surface area contributed by atoms with E-state index in [-0.39, 0.29) is 87.6 Å². The van der Waals surface area contributed by atoms with Crippen molar-refractivity contribution in [2.24, 2.45) is 0 Å². The molecule has 0 heterocycles. The molecule has 26 heavy (non-hydrogen) atoms. The van der Waals surface area contributed by atoms with E-state index >= 15 is 0 Å². The standard InChI is InChI=1S/Dy.Eu.6NO3/c;;6*2-1(3)4/q2*+3;6*-1. The van der Waals surface area contributed by atoms with Crippen molar-refractivity contribution in [3.8, 4) is 0 Å². The molecule has 0 N–H and O–H groups in total. The summed E-state index contributed by atoms with van der Waals surface area (Å²) in [6.45, 7) is 0. The molecule has 0 rings (SSSR count). The van der Waals surface area contributed by atoms with Gasteiger partial charge in [0.05, 0.1) is 30.5 Å². The summed E-state index contributed by atoms with van der Waals surface area (Å²) < 4.78 is 0. The quantitative estimate of drug-likeness (QED) is 0.208. The maximum Gasteiger partial charge on any atom is 3.00 e. The van der Waals surface area contributed by atoms with E-state index in [2.05, 4.69) is 0 Å². The molecule has 0 aliphatic rings. The molecule has 0 saturated heterocycles. The molecule has 0 aromatic rings. The van der Waals surface area contributed by atoms with Gasteiger partial charge in [0.25, 0.3) is 0 Å². The third-order valence-electron chi connectivity index (χ3n) is 0. The van der Waals surface area contributed by atoms with Gasteiger partial charge in [-0.2, -0.15) is 0 Å². The number of hydrogen-bond acceptors (Lipinski definition) is 18. The van der Waals surface area contributed by atoms with Crippen molar-refractivity contribution in [2.75, 3.05) is 0 Å². The molecule has 0 aliphatic carbocycles. The number of nitrogens with zero attached hydrogens (tertiary/aromatic N) is 6. The van der Waals surface area contributed by atoms with Gasteiger partial charge in [-0.1, -0.05) is 0 Å². The third kappa shape index (κ3) is 2590. The Morgan fingerprint density at radius 2 is 0.308 bits per heavy atom. The van der Waals surface area contributed by atoms with Crippen LogP contribution in [0.25, 0.3) is 0 Å². The molecule has 24 nitrogen and oxygen atoms in total. The topological polar surface area (TPSA) is 397 Å². The maximum absolute atomic E-state index is 8.25. The predicted molar refractivity (Wildman–Crippen MR) is 62.2 cm³/mol. The van der Waals surface area contributed by atoms with Crippen molar-refractivity contribution in [1.82, 2.24) is 0 Å².